The minimum atomic E-state index is 0. The van der Waals surface area contributed by atoms with E-state index >= 15 is 0 Å². The molecular formula is CH5N2OSe. The van der Waals surface area contributed by atoms with Gasteiger partial charge in [0.1, 0.15) is 0 Å². The van der Waals surface area contributed by atoms with Gasteiger partial charge in [0, 0.05) is 0 Å². The number of nitrogens with one attached hydrogen (secondary N) is 1. The SMILES string of the molecule is N=C(N)[Se].O. The molecule has 3 nitrogen and oxygen atoms in total. The molecule has 1 radical (unpaired) electrons. The Morgan fingerprint density at radius 3 is 1.80 bits per heavy atom. The number of rotatable bonds is 0. The molecule has 0 aromatic heterocycles. The predicted molar refractivity (Wildman–Crippen MR) is 21.3 cm³/mol. The summed E-state index contributed by atoms with van der Waals surface area (Å²) in [6, 6.07) is 0. The van der Waals surface area contributed by atoms with Crippen LogP contribution in [-0.2, 0) is 0 Å². The first kappa shape index (κ1) is 8.87. The fraction of sp³-hybridized carbons (Fsp3) is 0. The first-order chi connectivity index (χ1) is 1.73. The average Bonchev–Trinajstić information content (AvgIpc) is 0.811. The molecule has 0 aromatic carbocycles. The minimum absolute atomic E-state index is 0. The van der Waals surface area contributed by atoms with E-state index in [-0.39, 0.29) is 10.2 Å². The van der Waals surface area contributed by atoms with Crippen molar-refractivity contribution in [1.29, 1.82) is 5.41 Å². The smallest absolute Gasteiger partial charge is 0.412 e. The normalized spacial score (nSPS) is 4.80. The summed E-state index contributed by atoms with van der Waals surface area (Å²) in [5, 5.41) is 6.22. The van der Waals surface area contributed by atoms with Gasteiger partial charge in [-0.2, -0.15) is 0 Å². The Bertz CT molecular complexity index is 32.6. The second-order valence-corrected chi connectivity index (χ2v) is 1.29. The van der Waals surface area contributed by atoms with Crippen molar-refractivity contribution in [3.05, 3.63) is 0 Å². The molecule has 31 valence electrons. The molecule has 0 saturated heterocycles. The summed E-state index contributed by atoms with van der Waals surface area (Å²) >= 11 is 2.26. The summed E-state index contributed by atoms with van der Waals surface area (Å²) in [6.45, 7) is 0. The molecule has 0 fully saturated rings. The summed E-state index contributed by atoms with van der Waals surface area (Å²) in [7, 11) is 0. The molecule has 0 heterocycles. The molecule has 0 bridgehead atoms. The van der Waals surface area contributed by atoms with Crippen LogP contribution in [0.2, 0.25) is 0 Å². The van der Waals surface area contributed by atoms with Gasteiger partial charge >= 0.3 is 31.9 Å². The fourth-order valence-corrected chi connectivity index (χ4v) is 0. The van der Waals surface area contributed by atoms with Crippen molar-refractivity contribution in [1.82, 2.24) is 0 Å². The van der Waals surface area contributed by atoms with Gasteiger partial charge < -0.3 is 5.48 Å². The van der Waals surface area contributed by atoms with Gasteiger partial charge in [-0.25, -0.2) is 0 Å². The van der Waals surface area contributed by atoms with Crippen molar-refractivity contribution < 1.29 is 5.48 Å². The molecule has 0 aromatic rings. The second kappa shape index (κ2) is 3.95. The molecule has 4 heteroatoms. The fourth-order valence-electron chi connectivity index (χ4n) is 0. The monoisotopic (exact) mass is 141 g/mol. The number of hydrogen-bond acceptors (Lipinski definition) is 1. The van der Waals surface area contributed by atoms with E-state index in [2.05, 4.69) is 21.7 Å². The molecule has 5 N–H and O–H groups in total. The maximum absolute atomic E-state index is 6.22. The quantitative estimate of drug-likeness (QED) is 0.233. The van der Waals surface area contributed by atoms with Crippen molar-refractivity contribution in [3.8, 4) is 0 Å². The maximum atomic E-state index is 6.22. The predicted octanol–water partition coefficient (Wildman–Crippen LogP) is -1.78. The zero-order chi connectivity index (χ0) is 3.58. The van der Waals surface area contributed by atoms with Crippen LogP contribution in [0.15, 0.2) is 0 Å². The van der Waals surface area contributed by atoms with Gasteiger partial charge in [-0.1, -0.05) is 0 Å². The van der Waals surface area contributed by atoms with Crippen LogP contribution < -0.4 is 5.73 Å². The summed E-state index contributed by atoms with van der Waals surface area (Å²) < 4.78 is 0.0417. The molecule has 0 rings (SSSR count). The minimum Gasteiger partial charge on any atom is -0.412 e. The molecular weight excluding hydrogens is 135 g/mol. The third-order valence-corrected chi connectivity index (χ3v) is 0. The van der Waals surface area contributed by atoms with Crippen LogP contribution in [0.25, 0.3) is 0 Å². The second-order valence-electron chi connectivity index (χ2n) is 0.364. The molecule has 0 spiro atoms. The molecule has 0 saturated carbocycles. The Morgan fingerprint density at radius 2 is 1.80 bits per heavy atom. The number of amidine groups is 1. The largest absolute Gasteiger partial charge is 0.412 e. The first-order valence-electron chi connectivity index (χ1n) is 0.743. The first-order valence-corrected chi connectivity index (χ1v) is 1.60. The Kier molecular flexibility index (Phi) is 7.01. The molecule has 0 atom stereocenters. The Morgan fingerprint density at radius 1 is 1.80 bits per heavy atom. The van der Waals surface area contributed by atoms with Gasteiger partial charge in [-0.05, 0) is 0 Å². The van der Waals surface area contributed by atoms with Gasteiger partial charge in [0.15, 0.2) is 0 Å². The third kappa shape index (κ3) is 5880. The average molecular weight is 140 g/mol. The van der Waals surface area contributed by atoms with E-state index in [1.807, 2.05) is 0 Å². The van der Waals surface area contributed by atoms with Crippen molar-refractivity contribution >= 4 is 20.7 Å². The summed E-state index contributed by atoms with van der Waals surface area (Å²) in [5.41, 5.74) is 4.64. The van der Waals surface area contributed by atoms with Crippen LogP contribution in [0.3, 0.4) is 0 Å². The third-order valence-electron chi connectivity index (χ3n) is 0. The van der Waals surface area contributed by atoms with Crippen LogP contribution in [0.5, 0.6) is 0 Å². The molecule has 0 unspecified atom stereocenters. The molecule has 0 aliphatic rings. The van der Waals surface area contributed by atoms with E-state index in [1.54, 1.807) is 0 Å². The standard InChI is InChI=1S/CH3N2Se.H2O/c2-1(3)4;/h(H3,2,3);1H2. The van der Waals surface area contributed by atoms with E-state index in [9.17, 15) is 0 Å². The van der Waals surface area contributed by atoms with Crippen molar-refractivity contribution in [3.63, 3.8) is 0 Å². The zero-order valence-electron chi connectivity index (χ0n) is 2.49. The van der Waals surface area contributed by atoms with Gasteiger partial charge in [-0.3, -0.25) is 0 Å². The van der Waals surface area contributed by atoms with E-state index in [4.69, 9.17) is 5.41 Å². The zero-order valence-corrected chi connectivity index (χ0v) is 4.20. The summed E-state index contributed by atoms with van der Waals surface area (Å²) in [6.07, 6.45) is 0. The van der Waals surface area contributed by atoms with Gasteiger partial charge in [-0.15, -0.1) is 0 Å². The van der Waals surface area contributed by atoms with Gasteiger partial charge in [0.05, 0.1) is 0 Å². The van der Waals surface area contributed by atoms with Crippen LogP contribution >= 0.6 is 0 Å². The van der Waals surface area contributed by atoms with Crippen LogP contribution in [-0.4, -0.2) is 26.2 Å². The van der Waals surface area contributed by atoms with Crippen LogP contribution in [0.1, 0.15) is 0 Å². The molecule has 0 aliphatic heterocycles. The van der Waals surface area contributed by atoms with Crippen LogP contribution in [0.4, 0.5) is 0 Å². The number of hydrogen-bond donors (Lipinski definition) is 2. The Balaban J connectivity index is 0. The van der Waals surface area contributed by atoms with E-state index in [0.29, 0.717) is 0 Å². The Hall–Kier alpha value is -0.0505. The Labute approximate surface area is 38.2 Å². The van der Waals surface area contributed by atoms with Gasteiger partial charge in [0.2, 0.25) is 0 Å². The van der Waals surface area contributed by atoms with E-state index in [0.717, 1.165) is 0 Å². The molecule has 0 aliphatic carbocycles. The molecule has 5 heavy (non-hydrogen) atoms. The topological polar surface area (TPSA) is 81.4 Å². The summed E-state index contributed by atoms with van der Waals surface area (Å²) in [5.74, 6) is 0. The van der Waals surface area contributed by atoms with E-state index in [1.165, 1.54) is 0 Å². The van der Waals surface area contributed by atoms with Gasteiger partial charge in [0.25, 0.3) is 0 Å². The maximum Gasteiger partial charge on any atom is -0.412 e. The van der Waals surface area contributed by atoms with Crippen molar-refractivity contribution in [2.45, 2.75) is 0 Å². The molecule has 0 amide bonds. The number of nitrogens with two attached hydrogens (primary N) is 1. The van der Waals surface area contributed by atoms with Crippen LogP contribution in [0, 0.1) is 5.41 Å². The summed E-state index contributed by atoms with van der Waals surface area (Å²) in [4.78, 5) is 0. The van der Waals surface area contributed by atoms with Crippen molar-refractivity contribution in [2.24, 2.45) is 5.73 Å². The van der Waals surface area contributed by atoms with Crippen molar-refractivity contribution in [2.75, 3.05) is 0 Å². The van der Waals surface area contributed by atoms with E-state index < -0.39 is 0 Å².